The summed E-state index contributed by atoms with van der Waals surface area (Å²) in [6.07, 6.45) is 8.57. The maximum absolute atomic E-state index is 6.18. The molecule has 0 radical (unpaired) electrons. The first-order valence-corrected chi connectivity index (χ1v) is 6.05. The Morgan fingerprint density at radius 2 is 2.50 bits per heavy atom. The quantitative estimate of drug-likeness (QED) is 0.847. The van der Waals surface area contributed by atoms with Gasteiger partial charge in [-0.05, 0) is 49.8 Å². The summed E-state index contributed by atoms with van der Waals surface area (Å²) in [5, 5.41) is 0. The Balaban J connectivity index is 1.87. The first-order valence-electron chi connectivity index (χ1n) is 6.05. The number of nitrogens with zero attached hydrogens (tertiary/aromatic N) is 1. The van der Waals surface area contributed by atoms with Gasteiger partial charge in [-0.3, -0.25) is 4.98 Å². The molecule has 0 aromatic carbocycles. The van der Waals surface area contributed by atoms with Crippen LogP contribution in [-0.2, 0) is 4.74 Å². The summed E-state index contributed by atoms with van der Waals surface area (Å²) >= 11 is 0. The largest absolute Gasteiger partial charge is 0.378 e. The van der Waals surface area contributed by atoms with Crippen LogP contribution in [0.5, 0.6) is 0 Å². The zero-order chi connectivity index (χ0) is 11.4. The molecule has 3 nitrogen and oxygen atoms in total. The van der Waals surface area contributed by atoms with Crippen molar-refractivity contribution in [3.05, 3.63) is 29.6 Å². The molecule has 0 saturated carbocycles. The van der Waals surface area contributed by atoms with Crippen molar-refractivity contribution < 1.29 is 4.74 Å². The predicted octanol–water partition coefficient (Wildman–Crippen LogP) is 2.35. The molecule has 0 spiro atoms. The zero-order valence-corrected chi connectivity index (χ0v) is 9.86. The van der Waals surface area contributed by atoms with Crippen LogP contribution in [-0.4, -0.2) is 17.7 Å². The van der Waals surface area contributed by atoms with Gasteiger partial charge < -0.3 is 10.5 Å². The standard InChI is InChI=1S/C13H20N2O/c1-10-6-7-15-9-12(10)13(14)5-4-11-3-2-8-16-11/h6-7,9,11,13H,2-5,8,14H2,1H3. The van der Waals surface area contributed by atoms with E-state index in [1.165, 1.54) is 24.0 Å². The van der Waals surface area contributed by atoms with Crippen LogP contribution in [0.2, 0.25) is 0 Å². The first kappa shape index (κ1) is 11.6. The Kier molecular flexibility index (Phi) is 3.91. The van der Waals surface area contributed by atoms with Gasteiger partial charge in [-0.25, -0.2) is 0 Å². The van der Waals surface area contributed by atoms with Crippen LogP contribution in [0.15, 0.2) is 18.5 Å². The fraction of sp³-hybridized carbons (Fsp3) is 0.615. The number of aromatic nitrogens is 1. The van der Waals surface area contributed by atoms with E-state index in [4.69, 9.17) is 10.5 Å². The highest BCUT2D eigenvalue weighted by atomic mass is 16.5. The van der Waals surface area contributed by atoms with Gasteiger partial charge in [-0.2, -0.15) is 0 Å². The van der Waals surface area contributed by atoms with E-state index >= 15 is 0 Å². The lowest BCUT2D eigenvalue weighted by Crippen LogP contribution is -2.15. The zero-order valence-electron chi connectivity index (χ0n) is 9.86. The smallest absolute Gasteiger partial charge is 0.0576 e. The van der Waals surface area contributed by atoms with Crippen LogP contribution in [0, 0.1) is 6.92 Å². The lowest BCUT2D eigenvalue weighted by Gasteiger charge is -2.16. The minimum Gasteiger partial charge on any atom is -0.378 e. The highest BCUT2D eigenvalue weighted by Crippen LogP contribution is 2.23. The molecule has 1 aliphatic heterocycles. The molecule has 2 N–H and O–H groups in total. The van der Waals surface area contributed by atoms with Gasteiger partial charge in [0, 0.05) is 25.0 Å². The van der Waals surface area contributed by atoms with Gasteiger partial charge in [0.1, 0.15) is 0 Å². The van der Waals surface area contributed by atoms with E-state index in [-0.39, 0.29) is 6.04 Å². The molecule has 2 atom stereocenters. The van der Waals surface area contributed by atoms with E-state index in [2.05, 4.69) is 11.9 Å². The molecular formula is C13H20N2O. The van der Waals surface area contributed by atoms with Crippen LogP contribution in [0.4, 0.5) is 0 Å². The molecule has 1 aromatic rings. The second-order valence-corrected chi connectivity index (χ2v) is 4.55. The number of aryl methyl sites for hydroxylation is 1. The summed E-state index contributed by atoms with van der Waals surface area (Å²) in [5.41, 5.74) is 8.58. The fourth-order valence-corrected chi connectivity index (χ4v) is 2.26. The minimum absolute atomic E-state index is 0.0953. The maximum Gasteiger partial charge on any atom is 0.0576 e. The summed E-state index contributed by atoms with van der Waals surface area (Å²) in [4.78, 5) is 4.14. The number of ether oxygens (including phenoxy) is 1. The summed E-state index contributed by atoms with van der Waals surface area (Å²) in [7, 11) is 0. The van der Waals surface area contributed by atoms with Gasteiger partial charge in [0.25, 0.3) is 0 Å². The molecular weight excluding hydrogens is 200 g/mol. The van der Waals surface area contributed by atoms with Crippen molar-refractivity contribution in [1.29, 1.82) is 0 Å². The fourth-order valence-electron chi connectivity index (χ4n) is 2.26. The summed E-state index contributed by atoms with van der Waals surface area (Å²) in [5.74, 6) is 0. The third-order valence-corrected chi connectivity index (χ3v) is 3.30. The summed E-state index contributed by atoms with van der Waals surface area (Å²) in [6.45, 7) is 3.01. The van der Waals surface area contributed by atoms with Crippen LogP contribution < -0.4 is 5.73 Å². The number of pyridine rings is 1. The van der Waals surface area contributed by atoms with E-state index < -0.39 is 0 Å². The molecule has 0 amide bonds. The van der Waals surface area contributed by atoms with Gasteiger partial charge in [0.15, 0.2) is 0 Å². The third-order valence-electron chi connectivity index (χ3n) is 3.30. The van der Waals surface area contributed by atoms with Crippen molar-refractivity contribution in [3.8, 4) is 0 Å². The van der Waals surface area contributed by atoms with E-state index in [0.717, 1.165) is 19.4 Å². The molecule has 16 heavy (non-hydrogen) atoms. The van der Waals surface area contributed by atoms with Crippen molar-refractivity contribution >= 4 is 0 Å². The number of rotatable bonds is 4. The molecule has 3 heteroatoms. The molecule has 1 fully saturated rings. The second kappa shape index (κ2) is 5.41. The highest BCUT2D eigenvalue weighted by Gasteiger charge is 2.17. The summed E-state index contributed by atoms with van der Waals surface area (Å²) in [6, 6.07) is 2.11. The topological polar surface area (TPSA) is 48.1 Å². The lowest BCUT2D eigenvalue weighted by molar-refractivity contribution is 0.101. The van der Waals surface area contributed by atoms with E-state index in [1.807, 2.05) is 18.5 Å². The van der Waals surface area contributed by atoms with Crippen LogP contribution in [0.1, 0.15) is 42.9 Å². The SMILES string of the molecule is Cc1ccncc1C(N)CCC1CCCO1. The molecule has 0 aliphatic carbocycles. The van der Waals surface area contributed by atoms with Crippen molar-refractivity contribution in [2.24, 2.45) is 5.73 Å². The first-order chi connectivity index (χ1) is 7.77. The Morgan fingerprint density at radius 1 is 1.62 bits per heavy atom. The number of nitrogens with two attached hydrogens (primary N) is 1. The van der Waals surface area contributed by atoms with Crippen LogP contribution in [0.25, 0.3) is 0 Å². The van der Waals surface area contributed by atoms with Crippen molar-refractivity contribution in [1.82, 2.24) is 4.98 Å². The molecule has 2 unspecified atom stereocenters. The molecule has 2 heterocycles. The van der Waals surface area contributed by atoms with E-state index in [9.17, 15) is 0 Å². The Hall–Kier alpha value is -0.930. The van der Waals surface area contributed by atoms with Gasteiger partial charge in [-0.1, -0.05) is 0 Å². The van der Waals surface area contributed by atoms with Gasteiger partial charge in [0.2, 0.25) is 0 Å². The molecule has 1 aromatic heterocycles. The average molecular weight is 220 g/mol. The molecule has 2 rings (SSSR count). The average Bonchev–Trinajstić information content (AvgIpc) is 2.79. The molecule has 1 aliphatic rings. The Morgan fingerprint density at radius 3 is 3.19 bits per heavy atom. The Labute approximate surface area is 97.0 Å². The van der Waals surface area contributed by atoms with Crippen molar-refractivity contribution in [3.63, 3.8) is 0 Å². The van der Waals surface area contributed by atoms with Crippen LogP contribution in [0.3, 0.4) is 0 Å². The molecule has 88 valence electrons. The summed E-state index contributed by atoms with van der Waals surface area (Å²) < 4.78 is 5.60. The van der Waals surface area contributed by atoms with Gasteiger partial charge in [0.05, 0.1) is 6.10 Å². The molecule has 1 saturated heterocycles. The normalized spacial score (nSPS) is 22.2. The highest BCUT2D eigenvalue weighted by molar-refractivity contribution is 5.24. The third kappa shape index (κ3) is 2.80. The maximum atomic E-state index is 6.18. The Bertz CT molecular complexity index is 334. The number of hydrogen-bond donors (Lipinski definition) is 1. The lowest BCUT2D eigenvalue weighted by atomic mass is 9.98. The predicted molar refractivity (Wildman–Crippen MR) is 64.1 cm³/mol. The van der Waals surface area contributed by atoms with Crippen LogP contribution >= 0.6 is 0 Å². The molecule has 0 bridgehead atoms. The second-order valence-electron chi connectivity index (χ2n) is 4.55. The van der Waals surface area contributed by atoms with E-state index in [0.29, 0.717) is 6.10 Å². The minimum atomic E-state index is 0.0953. The van der Waals surface area contributed by atoms with Crippen molar-refractivity contribution in [2.75, 3.05) is 6.61 Å². The monoisotopic (exact) mass is 220 g/mol. The number of hydrogen-bond acceptors (Lipinski definition) is 3. The van der Waals surface area contributed by atoms with Gasteiger partial charge in [-0.15, -0.1) is 0 Å². The van der Waals surface area contributed by atoms with E-state index in [1.54, 1.807) is 0 Å². The van der Waals surface area contributed by atoms with Gasteiger partial charge >= 0.3 is 0 Å². The van der Waals surface area contributed by atoms with Crippen molar-refractivity contribution in [2.45, 2.75) is 44.8 Å².